The minimum atomic E-state index is -0.529. The van der Waals surface area contributed by atoms with Gasteiger partial charge in [-0.1, -0.05) is 43.7 Å². The molecular weight excluding hydrogens is 326 g/mol. The van der Waals surface area contributed by atoms with Crippen molar-refractivity contribution >= 4 is 11.9 Å². The lowest BCUT2D eigenvalue weighted by Gasteiger charge is -2.39. The second kappa shape index (κ2) is 9.06. The number of urea groups is 1. The van der Waals surface area contributed by atoms with Gasteiger partial charge < -0.3 is 15.5 Å². The Morgan fingerprint density at radius 1 is 1.19 bits per heavy atom. The minimum Gasteiger partial charge on any atom is -0.351 e. The first-order chi connectivity index (χ1) is 12.3. The van der Waals surface area contributed by atoms with Gasteiger partial charge in [0, 0.05) is 26.2 Å². The Balaban J connectivity index is 1.87. The SMILES string of the molecule is Cc1ccc(CNC(=O)[C@]2(C)CCCN(C(=O)NCCC(C)C)C2)cc1. The summed E-state index contributed by atoms with van der Waals surface area (Å²) in [5.74, 6) is 0.590. The topological polar surface area (TPSA) is 61.4 Å². The van der Waals surface area contributed by atoms with E-state index in [-0.39, 0.29) is 11.9 Å². The highest BCUT2D eigenvalue weighted by atomic mass is 16.2. The lowest BCUT2D eigenvalue weighted by Crippen LogP contribution is -2.54. The van der Waals surface area contributed by atoms with Crippen LogP contribution >= 0.6 is 0 Å². The third-order valence-corrected chi connectivity index (χ3v) is 5.10. The largest absolute Gasteiger partial charge is 0.351 e. The van der Waals surface area contributed by atoms with Gasteiger partial charge in [-0.2, -0.15) is 0 Å². The molecule has 1 aliphatic rings. The molecule has 0 aliphatic carbocycles. The zero-order valence-electron chi connectivity index (χ0n) is 16.6. The molecule has 2 rings (SSSR count). The minimum absolute atomic E-state index is 0.0257. The summed E-state index contributed by atoms with van der Waals surface area (Å²) in [5, 5.41) is 6.03. The van der Waals surface area contributed by atoms with E-state index in [0.29, 0.717) is 32.1 Å². The van der Waals surface area contributed by atoms with E-state index in [1.165, 1.54) is 5.56 Å². The Hall–Kier alpha value is -2.04. The maximum absolute atomic E-state index is 12.8. The highest BCUT2D eigenvalue weighted by Crippen LogP contribution is 2.30. The van der Waals surface area contributed by atoms with Crippen molar-refractivity contribution in [2.24, 2.45) is 11.3 Å². The van der Waals surface area contributed by atoms with Crippen molar-refractivity contribution in [3.05, 3.63) is 35.4 Å². The number of nitrogens with one attached hydrogen (secondary N) is 2. The summed E-state index contributed by atoms with van der Waals surface area (Å²) >= 11 is 0. The molecule has 1 aromatic rings. The van der Waals surface area contributed by atoms with Gasteiger partial charge in [0.2, 0.25) is 5.91 Å². The molecule has 0 unspecified atom stereocenters. The monoisotopic (exact) mass is 359 g/mol. The normalized spacial score (nSPS) is 20.1. The Morgan fingerprint density at radius 2 is 1.88 bits per heavy atom. The molecular formula is C21H33N3O2. The number of hydrogen-bond acceptors (Lipinski definition) is 2. The number of aryl methyl sites for hydroxylation is 1. The van der Waals surface area contributed by atoms with Gasteiger partial charge in [0.25, 0.3) is 0 Å². The second-order valence-electron chi connectivity index (χ2n) is 8.17. The summed E-state index contributed by atoms with van der Waals surface area (Å²) in [7, 11) is 0. The molecule has 5 nitrogen and oxygen atoms in total. The number of carbonyl (C=O) groups excluding carboxylic acids is 2. The number of rotatable bonds is 6. The van der Waals surface area contributed by atoms with E-state index in [2.05, 4.69) is 24.5 Å². The molecule has 144 valence electrons. The molecule has 1 aliphatic heterocycles. The first-order valence-electron chi connectivity index (χ1n) is 9.67. The van der Waals surface area contributed by atoms with E-state index >= 15 is 0 Å². The Labute approximate surface area is 157 Å². The molecule has 1 saturated heterocycles. The number of hydrogen-bond donors (Lipinski definition) is 2. The van der Waals surface area contributed by atoms with E-state index in [1.807, 2.05) is 38.1 Å². The van der Waals surface area contributed by atoms with Crippen molar-refractivity contribution in [3.8, 4) is 0 Å². The molecule has 0 bridgehead atoms. The second-order valence-corrected chi connectivity index (χ2v) is 8.17. The fraction of sp³-hybridized carbons (Fsp3) is 0.619. The van der Waals surface area contributed by atoms with Crippen molar-refractivity contribution < 1.29 is 9.59 Å². The van der Waals surface area contributed by atoms with Crippen molar-refractivity contribution in [2.75, 3.05) is 19.6 Å². The van der Waals surface area contributed by atoms with Crippen LogP contribution in [0.5, 0.6) is 0 Å². The van der Waals surface area contributed by atoms with Crippen LogP contribution in [0.25, 0.3) is 0 Å². The predicted molar refractivity (Wildman–Crippen MR) is 105 cm³/mol. The molecule has 0 spiro atoms. The number of likely N-dealkylation sites (tertiary alicyclic amines) is 1. The standard InChI is InChI=1S/C21H33N3O2/c1-16(2)10-12-22-20(26)24-13-5-11-21(4,15-24)19(25)23-14-18-8-6-17(3)7-9-18/h6-9,16H,5,10-15H2,1-4H3,(H,22,26)(H,23,25)/t21-/m1/s1. The first kappa shape index (κ1) is 20.3. The van der Waals surface area contributed by atoms with Gasteiger partial charge in [-0.3, -0.25) is 4.79 Å². The van der Waals surface area contributed by atoms with Crippen molar-refractivity contribution in [1.82, 2.24) is 15.5 Å². The van der Waals surface area contributed by atoms with Crippen LogP contribution in [-0.4, -0.2) is 36.5 Å². The molecule has 26 heavy (non-hydrogen) atoms. The lowest BCUT2D eigenvalue weighted by atomic mass is 9.81. The van der Waals surface area contributed by atoms with Crippen LogP contribution in [0.4, 0.5) is 4.79 Å². The van der Waals surface area contributed by atoms with Crippen molar-refractivity contribution in [2.45, 2.75) is 53.5 Å². The lowest BCUT2D eigenvalue weighted by molar-refractivity contribution is -0.132. The zero-order chi connectivity index (χ0) is 19.2. The third-order valence-electron chi connectivity index (χ3n) is 5.10. The van der Waals surface area contributed by atoms with E-state index in [0.717, 1.165) is 24.8 Å². The molecule has 5 heteroatoms. The number of nitrogens with zero attached hydrogens (tertiary/aromatic N) is 1. The molecule has 3 amide bonds. The summed E-state index contributed by atoms with van der Waals surface area (Å²) in [4.78, 5) is 26.9. The van der Waals surface area contributed by atoms with E-state index in [1.54, 1.807) is 4.90 Å². The van der Waals surface area contributed by atoms with E-state index in [9.17, 15) is 9.59 Å². The highest BCUT2D eigenvalue weighted by molar-refractivity contribution is 5.84. The van der Waals surface area contributed by atoms with Crippen LogP contribution in [0, 0.1) is 18.3 Å². The van der Waals surface area contributed by atoms with Gasteiger partial charge in [-0.15, -0.1) is 0 Å². The molecule has 1 fully saturated rings. The Kier molecular flexibility index (Phi) is 7.06. The average molecular weight is 360 g/mol. The molecule has 1 atom stereocenters. The number of amides is 3. The van der Waals surface area contributed by atoms with Gasteiger partial charge in [0.15, 0.2) is 0 Å². The third kappa shape index (κ3) is 5.75. The molecule has 1 heterocycles. The molecule has 0 saturated carbocycles. The summed E-state index contributed by atoms with van der Waals surface area (Å²) in [6.45, 7) is 10.7. The number of carbonyl (C=O) groups is 2. The van der Waals surface area contributed by atoms with Gasteiger partial charge in [0.1, 0.15) is 0 Å². The van der Waals surface area contributed by atoms with Crippen LogP contribution in [0.15, 0.2) is 24.3 Å². The molecule has 0 radical (unpaired) electrons. The van der Waals surface area contributed by atoms with E-state index < -0.39 is 5.41 Å². The zero-order valence-corrected chi connectivity index (χ0v) is 16.6. The Bertz CT molecular complexity index is 612. The fourth-order valence-electron chi connectivity index (χ4n) is 3.28. The summed E-state index contributed by atoms with van der Waals surface area (Å²) in [6, 6.07) is 8.11. The van der Waals surface area contributed by atoms with Crippen LogP contribution in [-0.2, 0) is 11.3 Å². The van der Waals surface area contributed by atoms with Crippen LogP contribution in [0.1, 0.15) is 51.2 Å². The van der Waals surface area contributed by atoms with Gasteiger partial charge >= 0.3 is 6.03 Å². The number of benzene rings is 1. The smallest absolute Gasteiger partial charge is 0.317 e. The number of piperidine rings is 1. The predicted octanol–water partition coefficient (Wildman–Crippen LogP) is 3.47. The van der Waals surface area contributed by atoms with E-state index in [4.69, 9.17) is 0 Å². The first-order valence-corrected chi connectivity index (χ1v) is 9.67. The molecule has 1 aromatic carbocycles. The fourth-order valence-corrected chi connectivity index (χ4v) is 3.28. The summed E-state index contributed by atoms with van der Waals surface area (Å²) in [6.07, 6.45) is 2.63. The molecule has 2 N–H and O–H groups in total. The highest BCUT2D eigenvalue weighted by Gasteiger charge is 2.39. The van der Waals surface area contributed by atoms with Crippen LogP contribution < -0.4 is 10.6 Å². The average Bonchev–Trinajstić information content (AvgIpc) is 2.60. The van der Waals surface area contributed by atoms with Crippen LogP contribution in [0.2, 0.25) is 0 Å². The van der Waals surface area contributed by atoms with Crippen LogP contribution in [0.3, 0.4) is 0 Å². The van der Waals surface area contributed by atoms with Gasteiger partial charge in [0.05, 0.1) is 5.41 Å². The summed E-state index contributed by atoms with van der Waals surface area (Å²) in [5.41, 5.74) is 1.77. The van der Waals surface area contributed by atoms with Crippen molar-refractivity contribution in [3.63, 3.8) is 0 Å². The maximum atomic E-state index is 12.8. The summed E-state index contributed by atoms with van der Waals surface area (Å²) < 4.78 is 0. The van der Waals surface area contributed by atoms with Gasteiger partial charge in [-0.25, -0.2) is 4.79 Å². The van der Waals surface area contributed by atoms with Gasteiger partial charge in [-0.05, 0) is 44.6 Å². The van der Waals surface area contributed by atoms with Crippen molar-refractivity contribution in [1.29, 1.82) is 0 Å². The maximum Gasteiger partial charge on any atom is 0.317 e. The molecule has 0 aromatic heterocycles. The quantitative estimate of drug-likeness (QED) is 0.817. The Morgan fingerprint density at radius 3 is 2.54 bits per heavy atom.